The van der Waals surface area contributed by atoms with Crippen molar-refractivity contribution in [2.45, 2.75) is 18.9 Å². The second-order valence-corrected chi connectivity index (χ2v) is 8.74. The lowest BCUT2D eigenvalue weighted by Crippen LogP contribution is -2.35. The maximum atomic E-state index is 12.8. The van der Waals surface area contributed by atoms with E-state index < -0.39 is 6.04 Å². The molecule has 7 N–H and O–H groups in total. The topological polar surface area (TPSA) is 169 Å². The third-order valence-corrected chi connectivity index (χ3v) is 6.42. The molecular weight excluding hydrogens is 496 g/mol. The largest absolute Gasteiger partial charge is 0.495 e. The number of rotatable bonds is 12. The molecule has 1 amide bonds. The minimum Gasteiger partial charge on any atom is -0.495 e. The zero-order valence-electron chi connectivity index (χ0n) is 21.2. The molecule has 0 saturated carbocycles. The van der Waals surface area contributed by atoms with E-state index in [4.69, 9.17) is 36.1 Å². The molecule has 12 heteroatoms. The van der Waals surface area contributed by atoms with E-state index in [0.717, 1.165) is 21.6 Å². The van der Waals surface area contributed by atoms with Crippen molar-refractivity contribution in [2.75, 3.05) is 40.3 Å². The number of carbonyl (C=O) groups excluding carboxylic acids is 1. The highest BCUT2D eigenvalue weighted by Gasteiger charge is 2.20. The first-order valence-corrected chi connectivity index (χ1v) is 12.2. The molecule has 1 atom stereocenters. The molecule has 0 aliphatic carbocycles. The Labute approximate surface area is 219 Å². The molecule has 3 rings (SSSR count). The van der Waals surface area contributed by atoms with Crippen molar-refractivity contribution in [1.29, 1.82) is 0 Å². The predicted molar refractivity (Wildman–Crippen MR) is 146 cm³/mol. The zero-order valence-corrected chi connectivity index (χ0v) is 22.1. The number of guanidine groups is 1. The van der Waals surface area contributed by atoms with E-state index in [1.165, 1.54) is 18.6 Å². The van der Waals surface area contributed by atoms with Gasteiger partial charge in [-0.2, -0.15) is 4.37 Å². The summed E-state index contributed by atoms with van der Waals surface area (Å²) in [6.45, 7) is 0.400. The number of carbonyl (C=O) groups is 1. The summed E-state index contributed by atoms with van der Waals surface area (Å²) in [5.41, 5.74) is 19.8. The Morgan fingerprint density at radius 2 is 1.68 bits per heavy atom. The van der Waals surface area contributed by atoms with Crippen molar-refractivity contribution < 1.29 is 23.7 Å². The van der Waals surface area contributed by atoms with Gasteiger partial charge in [-0.25, -0.2) is 0 Å². The van der Waals surface area contributed by atoms with Gasteiger partial charge in [0.05, 0.1) is 45.0 Å². The van der Waals surface area contributed by atoms with Crippen LogP contribution in [-0.2, 0) is 4.79 Å². The fourth-order valence-electron chi connectivity index (χ4n) is 3.71. The lowest BCUT2D eigenvalue weighted by Gasteiger charge is -2.16. The minimum atomic E-state index is -0.736. The van der Waals surface area contributed by atoms with Crippen LogP contribution in [0.2, 0.25) is 0 Å². The van der Waals surface area contributed by atoms with Crippen LogP contribution in [0.4, 0.5) is 5.69 Å². The molecule has 1 heterocycles. The number of nitrogens with two attached hydrogens (primary N) is 3. The average Bonchev–Trinajstić information content (AvgIpc) is 3.40. The second kappa shape index (κ2) is 12.8. The van der Waals surface area contributed by atoms with Crippen LogP contribution in [0.5, 0.6) is 23.0 Å². The van der Waals surface area contributed by atoms with Gasteiger partial charge < -0.3 is 41.5 Å². The second-order valence-electron chi connectivity index (χ2n) is 7.94. The number of anilines is 1. The van der Waals surface area contributed by atoms with Crippen molar-refractivity contribution in [1.82, 2.24) is 4.37 Å². The molecule has 0 spiro atoms. The lowest BCUT2D eigenvalue weighted by molar-refractivity contribution is -0.117. The van der Waals surface area contributed by atoms with Crippen molar-refractivity contribution in [3.63, 3.8) is 0 Å². The normalized spacial score (nSPS) is 11.4. The maximum Gasteiger partial charge on any atom is 0.241 e. The van der Waals surface area contributed by atoms with Crippen LogP contribution in [0, 0.1) is 0 Å². The molecule has 0 unspecified atom stereocenters. The lowest BCUT2D eigenvalue weighted by atomic mass is 10.0. The van der Waals surface area contributed by atoms with Crippen LogP contribution < -0.4 is 41.5 Å². The van der Waals surface area contributed by atoms with Crippen molar-refractivity contribution in [2.24, 2.45) is 22.2 Å². The molecule has 0 aliphatic rings. The number of hydrogen-bond acceptors (Lipinski definition) is 9. The highest BCUT2D eigenvalue weighted by molar-refractivity contribution is 7.10. The molecule has 0 radical (unpaired) electrons. The van der Waals surface area contributed by atoms with Gasteiger partial charge in [0.2, 0.25) is 11.7 Å². The number of nitrogens with one attached hydrogen (secondary N) is 1. The van der Waals surface area contributed by atoms with Crippen LogP contribution in [0.1, 0.15) is 12.8 Å². The number of amides is 1. The molecule has 2 aromatic carbocycles. The van der Waals surface area contributed by atoms with Crippen molar-refractivity contribution >= 4 is 29.1 Å². The van der Waals surface area contributed by atoms with Gasteiger partial charge in [-0.3, -0.25) is 9.79 Å². The summed E-state index contributed by atoms with van der Waals surface area (Å²) < 4.78 is 26.3. The first-order chi connectivity index (χ1) is 17.8. The monoisotopic (exact) mass is 528 g/mol. The quantitative estimate of drug-likeness (QED) is 0.157. The molecular formula is C25H32N6O5S. The summed E-state index contributed by atoms with van der Waals surface area (Å²) in [7, 11) is 6.23. The van der Waals surface area contributed by atoms with Crippen LogP contribution >= 0.6 is 11.5 Å². The fourth-order valence-corrected chi connectivity index (χ4v) is 4.47. The molecule has 3 aromatic rings. The Hall–Kier alpha value is -4.03. The maximum absolute atomic E-state index is 12.8. The summed E-state index contributed by atoms with van der Waals surface area (Å²) in [5.74, 6) is 1.74. The van der Waals surface area contributed by atoms with E-state index in [-0.39, 0.29) is 11.9 Å². The SMILES string of the molecule is COc1ccc(-c2cnsc2-c2cc(OC)c(OC)c(OC)c2)cc1NC(=O)[C@H](N)CCCN=C(N)N. The summed E-state index contributed by atoms with van der Waals surface area (Å²) >= 11 is 1.33. The molecule has 0 fully saturated rings. The van der Waals surface area contributed by atoms with Gasteiger partial charge in [0.15, 0.2) is 17.5 Å². The van der Waals surface area contributed by atoms with E-state index in [2.05, 4.69) is 14.7 Å². The molecule has 0 bridgehead atoms. The van der Waals surface area contributed by atoms with E-state index in [9.17, 15) is 4.79 Å². The van der Waals surface area contributed by atoms with Crippen LogP contribution in [0.15, 0.2) is 41.5 Å². The smallest absolute Gasteiger partial charge is 0.241 e. The number of methoxy groups -OCH3 is 4. The fraction of sp³-hybridized carbons (Fsp3) is 0.320. The highest BCUT2D eigenvalue weighted by Crippen LogP contribution is 2.45. The Morgan fingerprint density at radius 1 is 1.00 bits per heavy atom. The number of nitrogens with zero attached hydrogens (tertiary/aromatic N) is 2. The van der Waals surface area contributed by atoms with Gasteiger partial charge in [0.1, 0.15) is 5.75 Å². The van der Waals surface area contributed by atoms with Gasteiger partial charge in [0, 0.05) is 23.9 Å². The summed E-state index contributed by atoms with van der Waals surface area (Å²) in [6, 6.07) is 8.51. The summed E-state index contributed by atoms with van der Waals surface area (Å²) in [6.07, 6.45) is 2.76. The number of aliphatic imine (C=N–C) groups is 1. The highest BCUT2D eigenvalue weighted by atomic mass is 32.1. The van der Waals surface area contributed by atoms with Crippen LogP contribution in [0.3, 0.4) is 0 Å². The van der Waals surface area contributed by atoms with Gasteiger partial charge in [-0.05, 0) is 54.2 Å². The molecule has 0 saturated heterocycles. The molecule has 1 aromatic heterocycles. The van der Waals surface area contributed by atoms with Gasteiger partial charge >= 0.3 is 0 Å². The minimum absolute atomic E-state index is 0.00777. The average molecular weight is 529 g/mol. The molecule has 11 nitrogen and oxygen atoms in total. The Kier molecular flexibility index (Phi) is 9.52. The van der Waals surface area contributed by atoms with Gasteiger partial charge in [-0.15, -0.1) is 0 Å². The van der Waals surface area contributed by atoms with E-state index in [0.29, 0.717) is 48.1 Å². The van der Waals surface area contributed by atoms with Crippen molar-refractivity contribution in [3.05, 3.63) is 36.5 Å². The molecule has 37 heavy (non-hydrogen) atoms. The third-order valence-electron chi connectivity index (χ3n) is 5.57. The van der Waals surface area contributed by atoms with Crippen molar-refractivity contribution in [3.8, 4) is 44.6 Å². The van der Waals surface area contributed by atoms with Gasteiger partial charge in [0.25, 0.3) is 0 Å². The predicted octanol–water partition coefficient (Wildman–Crippen LogP) is 2.83. The summed E-state index contributed by atoms with van der Waals surface area (Å²) in [4.78, 5) is 17.6. The Bertz CT molecular complexity index is 1230. The van der Waals surface area contributed by atoms with E-state index >= 15 is 0 Å². The third kappa shape index (κ3) is 6.60. The number of ether oxygens (including phenoxy) is 4. The first-order valence-electron chi connectivity index (χ1n) is 11.4. The number of benzene rings is 2. The Morgan fingerprint density at radius 3 is 2.27 bits per heavy atom. The van der Waals surface area contributed by atoms with E-state index in [1.807, 2.05) is 24.3 Å². The first kappa shape index (κ1) is 27.6. The number of aromatic nitrogens is 1. The van der Waals surface area contributed by atoms with E-state index in [1.54, 1.807) is 33.6 Å². The zero-order chi connectivity index (χ0) is 26.9. The number of hydrogen-bond donors (Lipinski definition) is 4. The Balaban J connectivity index is 1.90. The molecule has 198 valence electrons. The standard InChI is InChI=1S/C25H32N6O5S/c1-33-19-8-7-14(10-18(19)31-24(32)17(26)6-5-9-29-25(27)28)16-13-30-37-23(16)15-11-20(34-2)22(36-4)21(12-15)35-3/h7-8,10-13,17H,5-6,9,26H2,1-4H3,(H,31,32)(H4,27,28,29)/t17-/m1/s1. The van der Waals surface area contributed by atoms with Crippen LogP contribution in [-0.4, -0.2) is 57.3 Å². The van der Waals surface area contributed by atoms with Crippen LogP contribution in [0.25, 0.3) is 21.6 Å². The summed E-state index contributed by atoms with van der Waals surface area (Å²) in [5, 5.41) is 2.88. The molecule has 0 aliphatic heterocycles. The van der Waals surface area contributed by atoms with Gasteiger partial charge in [-0.1, -0.05) is 6.07 Å².